The molecule has 0 rings (SSSR count). The van der Waals surface area contributed by atoms with Gasteiger partial charge in [-0.05, 0) is 11.5 Å². The molecule has 0 aliphatic rings. The Balaban J connectivity index is 5.71. The molecule has 0 amide bonds. The van der Waals surface area contributed by atoms with Crippen molar-refractivity contribution in [3.8, 4) is 0 Å². The van der Waals surface area contributed by atoms with Crippen LogP contribution in [0, 0.1) is 0 Å². The molecule has 0 heterocycles. The lowest BCUT2D eigenvalue weighted by molar-refractivity contribution is -0.146. The van der Waals surface area contributed by atoms with E-state index in [2.05, 4.69) is 40.8 Å². The summed E-state index contributed by atoms with van der Waals surface area (Å²) in [6.07, 6.45) is 3.32. The van der Waals surface area contributed by atoms with Crippen molar-refractivity contribution in [2.75, 3.05) is 7.11 Å². The topological polar surface area (TPSA) is 43.4 Å². The minimum absolute atomic E-state index is 0.0319. The Morgan fingerprint density at radius 1 is 1.28 bits per heavy atom. The van der Waals surface area contributed by atoms with E-state index in [4.69, 9.17) is 4.74 Å². The van der Waals surface area contributed by atoms with Gasteiger partial charge in [0.05, 0.1) is 15.2 Å². The lowest BCUT2D eigenvalue weighted by Gasteiger charge is -2.47. The van der Waals surface area contributed by atoms with Crippen molar-refractivity contribution >= 4 is 20.3 Å². The van der Waals surface area contributed by atoms with Crippen LogP contribution in [0.4, 0.5) is 0 Å². The standard InChI is InChI=1S/C14H28O3Si/c1-8-9-10-14(11-15,12(16)17-5)18(6,7)13(2,3)4/h11H,8-10H2,1-7H3. The van der Waals surface area contributed by atoms with E-state index in [1.165, 1.54) is 7.11 Å². The van der Waals surface area contributed by atoms with Gasteiger partial charge in [0.1, 0.15) is 11.3 Å². The maximum atomic E-state index is 12.2. The molecular formula is C14H28O3Si. The molecule has 0 radical (unpaired) electrons. The van der Waals surface area contributed by atoms with Gasteiger partial charge in [-0.2, -0.15) is 0 Å². The zero-order valence-electron chi connectivity index (χ0n) is 12.9. The van der Waals surface area contributed by atoms with E-state index in [0.717, 1.165) is 19.1 Å². The van der Waals surface area contributed by atoms with E-state index in [-0.39, 0.29) is 11.0 Å². The van der Waals surface area contributed by atoms with Crippen LogP contribution in [0.5, 0.6) is 0 Å². The molecule has 1 atom stereocenters. The molecule has 106 valence electrons. The Bertz CT molecular complexity index is 305. The third-order valence-corrected chi connectivity index (χ3v) is 11.2. The van der Waals surface area contributed by atoms with Gasteiger partial charge in [-0.15, -0.1) is 0 Å². The highest BCUT2D eigenvalue weighted by atomic mass is 28.3. The minimum atomic E-state index is -2.15. The van der Waals surface area contributed by atoms with Crippen LogP contribution in [-0.4, -0.2) is 27.4 Å². The first-order valence-electron chi connectivity index (χ1n) is 6.65. The fraction of sp³-hybridized carbons (Fsp3) is 0.857. The second-order valence-electron chi connectivity index (χ2n) is 6.56. The van der Waals surface area contributed by atoms with Gasteiger partial charge in [0.15, 0.2) is 0 Å². The Morgan fingerprint density at radius 2 is 1.78 bits per heavy atom. The molecule has 0 spiro atoms. The van der Waals surface area contributed by atoms with E-state index < -0.39 is 13.1 Å². The van der Waals surface area contributed by atoms with Gasteiger partial charge in [-0.1, -0.05) is 53.6 Å². The molecule has 4 heteroatoms. The van der Waals surface area contributed by atoms with Gasteiger partial charge in [-0.3, -0.25) is 4.79 Å². The Labute approximate surface area is 112 Å². The molecule has 3 nitrogen and oxygen atoms in total. The molecule has 0 aromatic heterocycles. The smallest absolute Gasteiger partial charge is 0.316 e. The molecule has 0 bridgehead atoms. The van der Waals surface area contributed by atoms with Crippen LogP contribution < -0.4 is 0 Å². The number of carbonyl (C=O) groups excluding carboxylic acids is 2. The average Bonchev–Trinajstić information content (AvgIpc) is 2.28. The summed E-state index contributed by atoms with van der Waals surface area (Å²) >= 11 is 0. The molecular weight excluding hydrogens is 244 g/mol. The van der Waals surface area contributed by atoms with Crippen LogP contribution in [-0.2, 0) is 14.3 Å². The largest absolute Gasteiger partial charge is 0.468 e. The van der Waals surface area contributed by atoms with Crippen LogP contribution in [0.3, 0.4) is 0 Å². The van der Waals surface area contributed by atoms with E-state index in [1.807, 2.05) is 0 Å². The Kier molecular flexibility index (Phi) is 5.79. The van der Waals surface area contributed by atoms with Crippen molar-refractivity contribution in [2.24, 2.45) is 0 Å². The van der Waals surface area contributed by atoms with Crippen LogP contribution in [0.25, 0.3) is 0 Å². The summed E-state index contributed by atoms with van der Waals surface area (Å²) in [5.74, 6) is -0.349. The van der Waals surface area contributed by atoms with Gasteiger partial charge >= 0.3 is 5.97 Å². The molecule has 0 N–H and O–H groups in total. The molecule has 0 fully saturated rings. The summed E-state index contributed by atoms with van der Waals surface area (Å²) in [4.78, 5) is 24.0. The third-order valence-electron chi connectivity index (χ3n) is 4.67. The fourth-order valence-corrected chi connectivity index (χ4v) is 5.28. The van der Waals surface area contributed by atoms with Crippen LogP contribution in [0.15, 0.2) is 0 Å². The van der Waals surface area contributed by atoms with Gasteiger partial charge < -0.3 is 9.53 Å². The number of ether oxygens (including phenoxy) is 1. The maximum Gasteiger partial charge on any atom is 0.316 e. The number of hydrogen-bond donors (Lipinski definition) is 0. The highest BCUT2D eigenvalue weighted by Crippen LogP contribution is 2.53. The molecule has 0 aliphatic carbocycles. The molecule has 0 aliphatic heterocycles. The fourth-order valence-electron chi connectivity index (χ4n) is 2.23. The van der Waals surface area contributed by atoms with E-state index in [0.29, 0.717) is 6.42 Å². The van der Waals surface area contributed by atoms with Crippen molar-refractivity contribution in [3.63, 3.8) is 0 Å². The molecule has 0 saturated carbocycles. The number of rotatable bonds is 6. The highest BCUT2D eigenvalue weighted by molar-refractivity contribution is 6.88. The molecule has 0 aromatic carbocycles. The van der Waals surface area contributed by atoms with Crippen LogP contribution in [0.1, 0.15) is 47.0 Å². The zero-order valence-corrected chi connectivity index (χ0v) is 13.9. The van der Waals surface area contributed by atoms with Crippen LogP contribution in [0.2, 0.25) is 23.2 Å². The minimum Gasteiger partial charge on any atom is -0.468 e. The van der Waals surface area contributed by atoms with E-state index in [9.17, 15) is 9.59 Å². The quantitative estimate of drug-likeness (QED) is 0.320. The molecule has 0 aromatic rings. The number of methoxy groups -OCH3 is 1. The van der Waals surface area contributed by atoms with Crippen LogP contribution >= 0.6 is 0 Å². The first-order chi connectivity index (χ1) is 8.10. The number of carbonyl (C=O) groups is 2. The first-order valence-corrected chi connectivity index (χ1v) is 9.65. The predicted molar refractivity (Wildman–Crippen MR) is 77.5 cm³/mol. The zero-order chi connectivity index (χ0) is 14.6. The van der Waals surface area contributed by atoms with Crippen molar-refractivity contribution in [1.82, 2.24) is 0 Å². The maximum absolute atomic E-state index is 12.2. The first kappa shape index (κ1) is 17.4. The SMILES string of the molecule is CCCCC(C=O)(C(=O)OC)[Si](C)(C)C(C)(C)C. The predicted octanol–water partition coefficient (Wildman–Crippen LogP) is 3.80. The number of esters is 1. The lowest BCUT2D eigenvalue weighted by Crippen LogP contribution is -2.55. The highest BCUT2D eigenvalue weighted by Gasteiger charge is 2.58. The number of unbranched alkanes of at least 4 members (excludes halogenated alkanes) is 1. The van der Waals surface area contributed by atoms with Crippen molar-refractivity contribution < 1.29 is 14.3 Å². The van der Waals surface area contributed by atoms with Crippen molar-refractivity contribution in [2.45, 2.75) is 70.1 Å². The summed E-state index contributed by atoms with van der Waals surface area (Å²) in [5, 5.41) is -0.953. The average molecular weight is 272 g/mol. The summed E-state index contributed by atoms with van der Waals surface area (Å²) in [5.41, 5.74) is 0. The van der Waals surface area contributed by atoms with Gasteiger partial charge in [-0.25, -0.2) is 0 Å². The number of hydrogen-bond acceptors (Lipinski definition) is 3. The molecule has 0 saturated heterocycles. The lowest BCUT2D eigenvalue weighted by atomic mass is 10.0. The van der Waals surface area contributed by atoms with Gasteiger partial charge in [0.25, 0.3) is 0 Å². The Hall–Kier alpha value is -0.643. The summed E-state index contributed by atoms with van der Waals surface area (Å²) < 4.78 is 4.95. The van der Waals surface area contributed by atoms with Crippen molar-refractivity contribution in [1.29, 1.82) is 0 Å². The normalized spacial score (nSPS) is 15.9. The number of aldehydes is 1. The van der Waals surface area contributed by atoms with Gasteiger partial charge in [0, 0.05) is 0 Å². The summed E-state index contributed by atoms with van der Waals surface area (Å²) in [6, 6.07) is 0. The third kappa shape index (κ3) is 2.84. The summed E-state index contributed by atoms with van der Waals surface area (Å²) in [6.45, 7) is 12.7. The van der Waals surface area contributed by atoms with Crippen molar-refractivity contribution in [3.05, 3.63) is 0 Å². The second-order valence-corrected chi connectivity index (χ2v) is 12.2. The molecule has 18 heavy (non-hydrogen) atoms. The van der Waals surface area contributed by atoms with Gasteiger partial charge in [0.2, 0.25) is 0 Å². The monoisotopic (exact) mass is 272 g/mol. The molecule has 1 unspecified atom stereocenters. The summed E-state index contributed by atoms with van der Waals surface area (Å²) in [7, 11) is -0.774. The van der Waals surface area contributed by atoms with E-state index >= 15 is 0 Å². The van der Waals surface area contributed by atoms with E-state index in [1.54, 1.807) is 0 Å². The second kappa shape index (κ2) is 6.00. The Morgan fingerprint density at radius 3 is 2.06 bits per heavy atom.